The monoisotopic (exact) mass is 355 g/mol. The fourth-order valence-corrected chi connectivity index (χ4v) is 3.61. The number of rotatable bonds is 5. The standard InChI is InChI=1S/C12H9Cl2F2NO3S/c13-8-3-4-10(14)11(6-8)21(18,19)17(12(15)16)7-9-2-1-5-20-9/h1-6,12H,7H2. The number of alkyl halides is 2. The Labute approximate surface area is 129 Å². The zero-order valence-electron chi connectivity index (χ0n) is 10.3. The number of furan rings is 1. The Morgan fingerprint density at radius 2 is 1.95 bits per heavy atom. The predicted octanol–water partition coefficient (Wildman–Crippen LogP) is 4.00. The summed E-state index contributed by atoms with van der Waals surface area (Å²) in [5, 5.41) is -0.116. The van der Waals surface area contributed by atoms with Crippen LogP contribution < -0.4 is 0 Å². The zero-order valence-corrected chi connectivity index (χ0v) is 12.7. The highest BCUT2D eigenvalue weighted by Gasteiger charge is 2.34. The first-order chi connectivity index (χ1) is 9.82. The Balaban J connectivity index is 2.45. The van der Waals surface area contributed by atoms with Gasteiger partial charge in [0.25, 0.3) is 0 Å². The molecule has 21 heavy (non-hydrogen) atoms. The third kappa shape index (κ3) is 3.55. The van der Waals surface area contributed by atoms with Gasteiger partial charge in [0.05, 0.1) is 17.8 Å². The van der Waals surface area contributed by atoms with Gasteiger partial charge in [0.15, 0.2) is 0 Å². The van der Waals surface area contributed by atoms with Gasteiger partial charge >= 0.3 is 6.55 Å². The molecule has 0 atom stereocenters. The molecule has 0 N–H and O–H groups in total. The topological polar surface area (TPSA) is 50.5 Å². The van der Waals surface area contributed by atoms with E-state index in [1.54, 1.807) is 0 Å². The minimum atomic E-state index is -4.52. The molecule has 9 heteroatoms. The molecule has 0 amide bonds. The van der Waals surface area contributed by atoms with Crippen molar-refractivity contribution in [3.05, 3.63) is 52.4 Å². The molecule has 1 heterocycles. The second kappa shape index (κ2) is 6.31. The Morgan fingerprint density at radius 3 is 2.52 bits per heavy atom. The average Bonchev–Trinajstić information content (AvgIpc) is 2.91. The average molecular weight is 356 g/mol. The Bertz CT molecular complexity index is 720. The molecule has 0 radical (unpaired) electrons. The highest BCUT2D eigenvalue weighted by molar-refractivity contribution is 7.89. The molecule has 0 aliphatic heterocycles. The van der Waals surface area contributed by atoms with Gasteiger partial charge in [0.1, 0.15) is 10.7 Å². The summed E-state index contributed by atoms with van der Waals surface area (Å²) in [6.07, 6.45) is 1.26. The normalized spacial score (nSPS) is 12.3. The first-order valence-electron chi connectivity index (χ1n) is 5.60. The molecule has 2 rings (SSSR count). The van der Waals surface area contributed by atoms with Crippen molar-refractivity contribution in [3.8, 4) is 0 Å². The maximum atomic E-state index is 13.1. The van der Waals surface area contributed by atoms with Crippen molar-refractivity contribution in [1.29, 1.82) is 0 Å². The molecule has 0 saturated heterocycles. The van der Waals surface area contributed by atoms with Crippen LogP contribution in [-0.4, -0.2) is 19.3 Å². The number of hydrogen-bond donors (Lipinski definition) is 0. The molecule has 1 aromatic heterocycles. The van der Waals surface area contributed by atoms with Gasteiger partial charge in [0, 0.05) is 5.02 Å². The minimum Gasteiger partial charge on any atom is -0.468 e. The first kappa shape index (κ1) is 16.2. The molecular weight excluding hydrogens is 347 g/mol. The molecule has 0 bridgehead atoms. The third-order valence-corrected chi connectivity index (χ3v) is 5.07. The lowest BCUT2D eigenvalue weighted by molar-refractivity contribution is 0.0236. The number of halogens is 4. The van der Waals surface area contributed by atoms with Gasteiger partial charge in [-0.05, 0) is 30.3 Å². The summed E-state index contributed by atoms with van der Waals surface area (Å²) < 4.78 is 55.8. The molecule has 1 aromatic carbocycles. The van der Waals surface area contributed by atoms with Crippen LogP contribution in [0.3, 0.4) is 0 Å². The van der Waals surface area contributed by atoms with Crippen molar-refractivity contribution < 1.29 is 21.6 Å². The quantitative estimate of drug-likeness (QED) is 0.761. The summed E-state index contributed by atoms with van der Waals surface area (Å²) in [5.74, 6) is 0.0806. The SMILES string of the molecule is O=S(=O)(c1cc(Cl)ccc1Cl)N(Cc1ccco1)C(F)F. The van der Waals surface area contributed by atoms with Crippen molar-refractivity contribution in [1.82, 2.24) is 4.31 Å². The van der Waals surface area contributed by atoms with Crippen LogP contribution in [0.25, 0.3) is 0 Å². The maximum absolute atomic E-state index is 13.1. The molecule has 0 unspecified atom stereocenters. The minimum absolute atomic E-state index is 0.0105. The number of nitrogens with zero attached hydrogens (tertiary/aromatic N) is 1. The summed E-state index contributed by atoms with van der Waals surface area (Å²) in [5.41, 5.74) is 0. The van der Waals surface area contributed by atoms with E-state index in [-0.39, 0.29) is 20.1 Å². The van der Waals surface area contributed by atoms with Crippen molar-refractivity contribution in [2.75, 3.05) is 0 Å². The van der Waals surface area contributed by atoms with Gasteiger partial charge in [-0.1, -0.05) is 23.2 Å². The van der Waals surface area contributed by atoms with Gasteiger partial charge in [0.2, 0.25) is 10.0 Å². The molecule has 2 aromatic rings. The fraction of sp³-hybridized carbons (Fsp3) is 0.167. The summed E-state index contributed by atoms with van der Waals surface area (Å²) in [7, 11) is -4.52. The van der Waals surface area contributed by atoms with Crippen LogP contribution in [0, 0.1) is 0 Å². The van der Waals surface area contributed by atoms with E-state index in [9.17, 15) is 17.2 Å². The van der Waals surface area contributed by atoms with E-state index in [2.05, 4.69) is 0 Å². The third-order valence-electron chi connectivity index (χ3n) is 2.59. The Kier molecular flexibility index (Phi) is 4.88. The lowest BCUT2D eigenvalue weighted by Crippen LogP contribution is -2.35. The summed E-state index contributed by atoms with van der Waals surface area (Å²) in [4.78, 5) is -0.483. The van der Waals surface area contributed by atoms with Crippen LogP contribution >= 0.6 is 23.2 Å². The van der Waals surface area contributed by atoms with Crippen LogP contribution in [0.5, 0.6) is 0 Å². The largest absolute Gasteiger partial charge is 0.468 e. The molecule has 0 aliphatic rings. The Hall–Kier alpha value is -1.15. The van der Waals surface area contributed by atoms with Gasteiger partial charge in [-0.15, -0.1) is 4.31 Å². The molecule has 0 saturated carbocycles. The zero-order chi connectivity index (χ0) is 15.6. The van der Waals surface area contributed by atoms with Crippen LogP contribution in [0.4, 0.5) is 8.78 Å². The molecule has 0 fully saturated rings. The van der Waals surface area contributed by atoms with Crippen molar-refractivity contribution >= 4 is 33.2 Å². The van der Waals surface area contributed by atoms with Crippen molar-refractivity contribution in [2.45, 2.75) is 18.0 Å². The van der Waals surface area contributed by atoms with Gasteiger partial charge < -0.3 is 4.42 Å². The predicted molar refractivity (Wildman–Crippen MR) is 73.9 cm³/mol. The summed E-state index contributed by atoms with van der Waals surface area (Å²) in [6.45, 7) is -3.87. The molecule has 0 aliphatic carbocycles. The second-order valence-corrected chi connectivity index (χ2v) is 6.68. The van der Waals surface area contributed by atoms with E-state index >= 15 is 0 Å². The molecule has 4 nitrogen and oxygen atoms in total. The number of benzene rings is 1. The fourth-order valence-electron chi connectivity index (χ4n) is 1.62. The van der Waals surface area contributed by atoms with E-state index in [1.165, 1.54) is 30.5 Å². The highest BCUT2D eigenvalue weighted by Crippen LogP contribution is 2.30. The van der Waals surface area contributed by atoms with E-state index in [0.29, 0.717) is 0 Å². The summed E-state index contributed by atoms with van der Waals surface area (Å²) in [6, 6.07) is 6.48. The number of sulfonamides is 1. The van der Waals surface area contributed by atoms with Gasteiger partial charge in [-0.25, -0.2) is 8.42 Å². The van der Waals surface area contributed by atoms with E-state index < -0.39 is 28.0 Å². The molecular formula is C12H9Cl2F2NO3S. The van der Waals surface area contributed by atoms with E-state index in [1.807, 2.05) is 0 Å². The van der Waals surface area contributed by atoms with Gasteiger partial charge in [-0.3, -0.25) is 0 Å². The number of hydrogen-bond acceptors (Lipinski definition) is 3. The Morgan fingerprint density at radius 1 is 1.24 bits per heavy atom. The van der Waals surface area contributed by atoms with Crippen LogP contribution in [0.1, 0.15) is 5.76 Å². The van der Waals surface area contributed by atoms with Crippen molar-refractivity contribution in [3.63, 3.8) is 0 Å². The van der Waals surface area contributed by atoms with Gasteiger partial charge in [-0.2, -0.15) is 8.78 Å². The summed E-state index contributed by atoms with van der Waals surface area (Å²) >= 11 is 11.5. The molecule has 0 spiro atoms. The highest BCUT2D eigenvalue weighted by atomic mass is 35.5. The van der Waals surface area contributed by atoms with E-state index in [0.717, 1.165) is 6.07 Å². The lowest BCUT2D eigenvalue weighted by atomic mass is 10.4. The van der Waals surface area contributed by atoms with Crippen LogP contribution in [0.15, 0.2) is 45.9 Å². The van der Waals surface area contributed by atoms with Crippen LogP contribution in [-0.2, 0) is 16.6 Å². The van der Waals surface area contributed by atoms with Crippen molar-refractivity contribution in [2.24, 2.45) is 0 Å². The first-order valence-corrected chi connectivity index (χ1v) is 7.79. The van der Waals surface area contributed by atoms with E-state index in [4.69, 9.17) is 27.6 Å². The smallest absolute Gasteiger partial charge is 0.307 e. The lowest BCUT2D eigenvalue weighted by Gasteiger charge is -2.20. The van der Waals surface area contributed by atoms with Crippen LogP contribution in [0.2, 0.25) is 10.0 Å². The second-order valence-electron chi connectivity index (χ2n) is 3.98. The molecule has 114 valence electrons. The maximum Gasteiger partial charge on any atom is 0.307 e.